The number of allylic oxidation sites excluding steroid dienone is 2. The maximum atomic E-state index is 12.5. The number of rotatable bonds is 3. The number of carbonyl (C=O) groups excluding carboxylic acids is 3. The van der Waals surface area contributed by atoms with Gasteiger partial charge in [-0.3, -0.25) is 20.2 Å². The number of thiophene rings is 1. The number of hydrogen-bond acceptors (Lipinski definition) is 5. The Kier molecular flexibility index (Phi) is 4.95. The summed E-state index contributed by atoms with van der Waals surface area (Å²) in [5, 5.41) is 6.22. The molecular weight excluding hydrogens is 424 g/mol. The number of para-hydroxylation sites is 1. The lowest BCUT2D eigenvalue weighted by molar-refractivity contribution is -0.124. The van der Waals surface area contributed by atoms with Crippen molar-refractivity contribution in [2.24, 2.45) is 0 Å². The predicted molar refractivity (Wildman–Crippen MR) is 121 cm³/mol. The Balaban J connectivity index is 1.77. The third kappa shape index (κ3) is 3.52. The van der Waals surface area contributed by atoms with Crippen LogP contribution >= 0.6 is 11.3 Å². The summed E-state index contributed by atoms with van der Waals surface area (Å²) in [6.45, 7) is 2.02. The first-order chi connectivity index (χ1) is 15.5. The van der Waals surface area contributed by atoms with Gasteiger partial charge >= 0.3 is 6.03 Å². The van der Waals surface area contributed by atoms with Gasteiger partial charge in [-0.25, -0.2) is 4.79 Å². The zero-order valence-electron chi connectivity index (χ0n) is 17.0. The van der Waals surface area contributed by atoms with E-state index in [-0.39, 0.29) is 11.5 Å². The van der Waals surface area contributed by atoms with E-state index in [1.807, 2.05) is 73.0 Å². The SMILES string of the molecule is Cc1ccc(C2C(C=C3C(=O)NC(=O)NC3=O)=C(c3cccs3)Oc3ccccc32)cc1. The molecule has 1 atom stereocenters. The molecule has 2 N–H and O–H groups in total. The fraction of sp³-hybridized carbons (Fsp3) is 0.0800. The van der Waals surface area contributed by atoms with Crippen molar-refractivity contribution in [3.63, 3.8) is 0 Å². The van der Waals surface area contributed by atoms with Crippen LogP contribution in [0.25, 0.3) is 5.76 Å². The van der Waals surface area contributed by atoms with E-state index in [0.717, 1.165) is 27.3 Å². The molecule has 2 aromatic carbocycles. The minimum atomic E-state index is -0.829. The normalized spacial score (nSPS) is 18.0. The first-order valence-corrected chi connectivity index (χ1v) is 10.9. The minimum absolute atomic E-state index is 0.145. The summed E-state index contributed by atoms with van der Waals surface area (Å²) in [6.07, 6.45) is 1.53. The first kappa shape index (κ1) is 20.0. The summed E-state index contributed by atoms with van der Waals surface area (Å²) in [5.41, 5.74) is 3.58. The quantitative estimate of drug-likeness (QED) is 0.468. The highest BCUT2D eigenvalue weighted by Crippen LogP contribution is 2.47. The van der Waals surface area contributed by atoms with Crippen molar-refractivity contribution in [1.82, 2.24) is 10.6 Å². The predicted octanol–water partition coefficient (Wildman–Crippen LogP) is 4.28. The molecule has 0 aliphatic carbocycles. The van der Waals surface area contributed by atoms with E-state index in [4.69, 9.17) is 4.74 Å². The third-order valence-corrected chi connectivity index (χ3v) is 6.28. The largest absolute Gasteiger partial charge is 0.455 e. The topological polar surface area (TPSA) is 84.5 Å². The van der Waals surface area contributed by atoms with Gasteiger partial charge < -0.3 is 4.74 Å². The summed E-state index contributed by atoms with van der Waals surface area (Å²) in [4.78, 5) is 37.4. The van der Waals surface area contributed by atoms with Crippen LogP contribution < -0.4 is 15.4 Å². The third-order valence-electron chi connectivity index (χ3n) is 5.41. The van der Waals surface area contributed by atoms with E-state index in [1.165, 1.54) is 17.4 Å². The van der Waals surface area contributed by atoms with Crippen LogP contribution in [0.3, 0.4) is 0 Å². The number of hydrogen-bond donors (Lipinski definition) is 2. The van der Waals surface area contributed by atoms with Crippen LogP contribution in [0.5, 0.6) is 5.75 Å². The average molecular weight is 442 g/mol. The molecule has 0 bridgehead atoms. The van der Waals surface area contributed by atoms with Crippen molar-refractivity contribution in [1.29, 1.82) is 0 Å². The standard InChI is InChI=1S/C25H18N2O4S/c1-14-8-10-15(11-9-14)21-16-5-2-3-6-19(16)31-22(20-7-4-12-32-20)17(21)13-18-23(28)26-25(30)27-24(18)29/h2-13,21H,1H3,(H2,26,27,28,29,30). The lowest BCUT2D eigenvalue weighted by Crippen LogP contribution is -2.51. The Morgan fingerprint density at radius 1 is 0.906 bits per heavy atom. The van der Waals surface area contributed by atoms with Gasteiger partial charge in [-0.1, -0.05) is 54.1 Å². The van der Waals surface area contributed by atoms with Gasteiger partial charge in [-0.15, -0.1) is 11.3 Å². The van der Waals surface area contributed by atoms with Crippen LogP contribution in [0.1, 0.15) is 27.5 Å². The van der Waals surface area contributed by atoms with Gasteiger partial charge in [0.05, 0.1) is 4.88 Å². The van der Waals surface area contributed by atoms with E-state index in [9.17, 15) is 14.4 Å². The second-order valence-electron chi connectivity index (χ2n) is 7.54. The molecule has 0 spiro atoms. The van der Waals surface area contributed by atoms with Crippen LogP contribution in [0, 0.1) is 6.92 Å². The van der Waals surface area contributed by atoms with Crippen LogP contribution in [0.4, 0.5) is 4.79 Å². The molecule has 3 aromatic rings. The number of aryl methyl sites for hydroxylation is 1. The summed E-state index contributed by atoms with van der Waals surface area (Å²) in [6, 6.07) is 18.9. The summed E-state index contributed by atoms with van der Waals surface area (Å²) < 4.78 is 6.31. The lowest BCUT2D eigenvalue weighted by Gasteiger charge is -2.30. The van der Waals surface area contributed by atoms with Gasteiger partial charge in [0.15, 0.2) is 0 Å². The second-order valence-corrected chi connectivity index (χ2v) is 8.49. The van der Waals surface area contributed by atoms with Crippen LogP contribution in [-0.4, -0.2) is 17.8 Å². The number of benzene rings is 2. The van der Waals surface area contributed by atoms with Gasteiger partial charge in [0.1, 0.15) is 17.1 Å². The molecule has 0 radical (unpaired) electrons. The molecule has 1 fully saturated rings. The Hall–Kier alpha value is -3.97. The molecule has 3 heterocycles. The van der Waals surface area contributed by atoms with Gasteiger partial charge in [0.2, 0.25) is 0 Å². The van der Waals surface area contributed by atoms with Crippen molar-refractivity contribution in [2.45, 2.75) is 12.8 Å². The molecule has 32 heavy (non-hydrogen) atoms. The molecule has 0 saturated carbocycles. The molecule has 1 saturated heterocycles. The number of ether oxygens (including phenoxy) is 1. The molecule has 6 nitrogen and oxygen atoms in total. The molecule has 1 aromatic heterocycles. The maximum Gasteiger partial charge on any atom is 0.328 e. The molecule has 4 amide bonds. The molecule has 7 heteroatoms. The van der Waals surface area contributed by atoms with Gasteiger partial charge in [0.25, 0.3) is 11.8 Å². The second kappa shape index (κ2) is 7.94. The highest BCUT2D eigenvalue weighted by molar-refractivity contribution is 7.11. The van der Waals surface area contributed by atoms with Crippen molar-refractivity contribution in [3.8, 4) is 5.75 Å². The number of amides is 4. The Bertz CT molecular complexity index is 1280. The monoisotopic (exact) mass is 442 g/mol. The number of imide groups is 2. The van der Waals surface area contributed by atoms with Gasteiger partial charge in [-0.2, -0.15) is 0 Å². The smallest absolute Gasteiger partial charge is 0.328 e. The van der Waals surface area contributed by atoms with E-state index >= 15 is 0 Å². The molecule has 2 aliphatic heterocycles. The lowest BCUT2D eigenvalue weighted by atomic mass is 9.81. The molecule has 2 aliphatic rings. The van der Waals surface area contributed by atoms with Crippen molar-refractivity contribution in [3.05, 3.63) is 105 Å². The van der Waals surface area contributed by atoms with Crippen LogP contribution in [0.15, 0.2) is 83.3 Å². The number of nitrogens with one attached hydrogen (secondary N) is 2. The fourth-order valence-corrected chi connectivity index (χ4v) is 4.64. The highest BCUT2D eigenvalue weighted by Gasteiger charge is 2.34. The van der Waals surface area contributed by atoms with Crippen molar-refractivity contribution < 1.29 is 19.1 Å². The Morgan fingerprint density at radius 3 is 2.31 bits per heavy atom. The molecule has 158 valence electrons. The Morgan fingerprint density at radius 2 is 1.62 bits per heavy atom. The fourth-order valence-electron chi connectivity index (χ4n) is 3.91. The molecule has 5 rings (SSSR count). The van der Waals surface area contributed by atoms with Gasteiger partial charge in [-0.05, 0) is 36.1 Å². The maximum absolute atomic E-state index is 12.5. The molecular formula is C25H18N2O4S. The highest BCUT2D eigenvalue weighted by atomic mass is 32.1. The van der Waals surface area contributed by atoms with Crippen LogP contribution in [0.2, 0.25) is 0 Å². The van der Waals surface area contributed by atoms with Gasteiger partial charge in [0, 0.05) is 17.1 Å². The number of urea groups is 1. The van der Waals surface area contributed by atoms with E-state index in [1.54, 1.807) is 0 Å². The summed E-state index contributed by atoms with van der Waals surface area (Å²) in [7, 11) is 0. The van der Waals surface area contributed by atoms with Crippen molar-refractivity contribution >= 4 is 34.9 Å². The first-order valence-electron chi connectivity index (χ1n) is 10.0. The Labute approximate surface area is 188 Å². The minimum Gasteiger partial charge on any atom is -0.455 e. The van der Waals surface area contributed by atoms with E-state index in [0.29, 0.717) is 11.3 Å². The zero-order chi connectivity index (χ0) is 22.2. The number of carbonyl (C=O) groups is 3. The average Bonchev–Trinajstić information content (AvgIpc) is 3.31. The molecule has 1 unspecified atom stereocenters. The number of barbiturate groups is 1. The van der Waals surface area contributed by atoms with E-state index in [2.05, 4.69) is 10.6 Å². The summed E-state index contributed by atoms with van der Waals surface area (Å²) in [5.74, 6) is -0.453. The van der Waals surface area contributed by atoms with Crippen LogP contribution in [-0.2, 0) is 9.59 Å². The summed E-state index contributed by atoms with van der Waals surface area (Å²) >= 11 is 1.50. The van der Waals surface area contributed by atoms with E-state index < -0.39 is 17.8 Å². The van der Waals surface area contributed by atoms with Crippen molar-refractivity contribution in [2.75, 3.05) is 0 Å². The number of fused-ring (bicyclic) bond motifs is 1. The zero-order valence-corrected chi connectivity index (χ0v) is 17.9.